The molecule has 1 aromatic carbocycles. The van der Waals surface area contributed by atoms with Crippen LogP contribution >= 0.6 is 11.8 Å². The van der Waals surface area contributed by atoms with Gasteiger partial charge in [0, 0.05) is 4.90 Å². The molecule has 1 heterocycles. The molecule has 0 N–H and O–H groups in total. The van der Waals surface area contributed by atoms with Gasteiger partial charge in [-0.15, -0.1) is 11.8 Å². The van der Waals surface area contributed by atoms with Crippen molar-refractivity contribution in [1.29, 1.82) is 5.26 Å². The third-order valence-electron chi connectivity index (χ3n) is 1.91. The number of halogens is 1. The molecule has 2 rings (SSSR count). The summed E-state index contributed by atoms with van der Waals surface area (Å²) < 4.78 is 18.0. The van der Waals surface area contributed by atoms with Crippen LogP contribution in [0, 0.1) is 17.1 Å². The second kappa shape index (κ2) is 3.99. The van der Waals surface area contributed by atoms with Gasteiger partial charge in [0.05, 0.1) is 30.1 Å². The molecule has 14 heavy (non-hydrogen) atoms. The third-order valence-corrected chi connectivity index (χ3v) is 3.02. The molecule has 4 heteroatoms. The molecule has 1 aliphatic heterocycles. The topological polar surface area (TPSA) is 33.0 Å². The van der Waals surface area contributed by atoms with Gasteiger partial charge in [-0.25, -0.2) is 4.39 Å². The largest absolute Gasteiger partial charge is 0.379 e. The summed E-state index contributed by atoms with van der Waals surface area (Å²) in [7, 11) is 0. The first kappa shape index (κ1) is 9.50. The van der Waals surface area contributed by atoms with Crippen LogP contribution in [0.15, 0.2) is 23.1 Å². The lowest BCUT2D eigenvalue weighted by molar-refractivity contribution is 0.0455. The summed E-state index contributed by atoms with van der Waals surface area (Å²) in [5.74, 6) is -0.355. The second-order valence-corrected chi connectivity index (χ2v) is 4.44. The van der Waals surface area contributed by atoms with Crippen molar-refractivity contribution < 1.29 is 9.13 Å². The normalized spacial score (nSPS) is 16.0. The van der Waals surface area contributed by atoms with Crippen LogP contribution in [0.1, 0.15) is 5.56 Å². The van der Waals surface area contributed by atoms with E-state index in [-0.39, 0.29) is 5.82 Å². The second-order valence-electron chi connectivity index (χ2n) is 3.06. The quantitative estimate of drug-likeness (QED) is 0.748. The Morgan fingerprint density at radius 3 is 2.79 bits per heavy atom. The Morgan fingerprint density at radius 2 is 2.21 bits per heavy atom. The van der Waals surface area contributed by atoms with Crippen molar-refractivity contribution in [1.82, 2.24) is 0 Å². The molecular formula is C10H8FNOS. The fraction of sp³-hybridized carbons (Fsp3) is 0.300. The molecule has 1 aromatic rings. The van der Waals surface area contributed by atoms with Crippen molar-refractivity contribution in [2.45, 2.75) is 10.1 Å². The van der Waals surface area contributed by atoms with Gasteiger partial charge in [0.1, 0.15) is 5.82 Å². The lowest BCUT2D eigenvalue weighted by Gasteiger charge is -2.25. The van der Waals surface area contributed by atoms with Gasteiger partial charge in [0.2, 0.25) is 0 Å². The van der Waals surface area contributed by atoms with E-state index in [0.29, 0.717) is 24.0 Å². The van der Waals surface area contributed by atoms with Crippen LogP contribution in [0.25, 0.3) is 0 Å². The van der Waals surface area contributed by atoms with E-state index in [4.69, 9.17) is 10.00 Å². The standard InChI is InChI=1S/C10H8FNOS/c11-8-1-7(4-12)2-9(3-8)14-10-5-13-6-10/h1-3,10H,5-6H2. The molecule has 0 aromatic heterocycles. The molecule has 0 aliphatic carbocycles. The maximum absolute atomic E-state index is 13.0. The van der Waals surface area contributed by atoms with Gasteiger partial charge in [0.15, 0.2) is 0 Å². The third kappa shape index (κ3) is 2.06. The zero-order valence-electron chi connectivity index (χ0n) is 7.37. The van der Waals surface area contributed by atoms with E-state index in [0.717, 1.165) is 4.90 Å². The van der Waals surface area contributed by atoms with Gasteiger partial charge in [-0.3, -0.25) is 0 Å². The Balaban J connectivity index is 2.16. The number of nitriles is 1. The Kier molecular flexibility index (Phi) is 2.71. The van der Waals surface area contributed by atoms with Crippen LogP contribution in [0.2, 0.25) is 0 Å². The van der Waals surface area contributed by atoms with Gasteiger partial charge in [-0.05, 0) is 18.2 Å². The zero-order valence-corrected chi connectivity index (χ0v) is 8.18. The minimum atomic E-state index is -0.355. The van der Waals surface area contributed by atoms with E-state index in [1.165, 1.54) is 12.1 Å². The summed E-state index contributed by atoms with van der Waals surface area (Å²) in [6, 6.07) is 6.32. The van der Waals surface area contributed by atoms with Crippen LogP contribution in [-0.2, 0) is 4.74 Å². The van der Waals surface area contributed by atoms with Gasteiger partial charge >= 0.3 is 0 Å². The van der Waals surface area contributed by atoms with Gasteiger partial charge in [-0.1, -0.05) is 0 Å². The van der Waals surface area contributed by atoms with E-state index in [1.807, 2.05) is 6.07 Å². The molecule has 0 saturated carbocycles. The number of hydrogen-bond acceptors (Lipinski definition) is 3. The number of nitrogens with zero attached hydrogens (tertiary/aromatic N) is 1. The van der Waals surface area contributed by atoms with E-state index < -0.39 is 0 Å². The van der Waals surface area contributed by atoms with Gasteiger partial charge in [0.25, 0.3) is 0 Å². The molecule has 0 unspecified atom stereocenters. The summed E-state index contributed by atoms with van der Waals surface area (Å²) in [4.78, 5) is 0.801. The average Bonchev–Trinajstić information content (AvgIpc) is 2.10. The lowest BCUT2D eigenvalue weighted by atomic mass is 10.2. The van der Waals surface area contributed by atoms with Crippen LogP contribution in [0.4, 0.5) is 4.39 Å². The minimum absolute atomic E-state index is 0.355. The zero-order chi connectivity index (χ0) is 9.97. The molecule has 1 fully saturated rings. The molecular weight excluding hydrogens is 201 g/mol. The first-order valence-corrected chi connectivity index (χ1v) is 5.11. The molecule has 1 aliphatic rings. The molecule has 1 saturated heterocycles. The van der Waals surface area contributed by atoms with Crippen LogP contribution in [0.3, 0.4) is 0 Å². The lowest BCUT2D eigenvalue weighted by Crippen LogP contribution is -2.30. The number of ether oxygens (including phenoxy) is 1. The number of benzene rings is 1. The van der Waals surface area contributed by atoms with E-state index in [1.54, 1.807) is 17.8 Å². The van der Waals surface area contributed by atoms with Crippen molar-refractivity contribution >= 4 is 11.8 Å². The Morgan fingerprint density at radius 1 is 1.43 bits per heavy atom. The van der Waals surface area contributed by atoms with Crippen LogP contribution in [-0.4, -0.2) is 18.5 Å². The number of thioether (sulfide) groups is 1. The molecule has 0 amide bonds. The summed E-state index contributed by atoms with van der Waals surface area (Å²) in [6.45, 7) is 1.42. The SMILES string of the molecule is N#Cc1cc(F)cc(SC2COC2)c1. The minimum Gasteiger partial charge on any atom is -0.379 e. The molecule has 72 valence electrons. The summed E-state index contributed by atoms with van der Waals surface area (Å²) in [6.07, 6.45) is 0. The smallest absolute Gasteiger partial charge is 0.125 e. The fourth-order valence-corrected chi connectivity index (χ4v) is 2.26. The van der Waals surface area contributed by atoms with E-state index >= 15 is 0 Å². The van der Waals surface area contributed by atoms with Crippen molar-refractivity contribution in [3.05, 3.63) is 29.6 Å². The highest BCUT2D eigenvalue weighted by Gasteiger charge is 2.19. The highest BCUT2D eigenvalue weighted by atomic mass is 32.2. The predicted molar refractivity (Wildman–Crippen MR) is 51.6 cm³/mol. The van der Waals surface area contributed by atoms with Gasteiger partial charge < -0.3 is 4.74 Å². The average molecular weight is 209 g/mol. The predicted octanol–water partition coefficient (Wildman–Crippen LogP) is 2.19. The number of hydrogen-bond donors (Lipinski definition) is 0. The molecule has 0 bridgehead atoms. The highest BCUT2D eigenvalue weighted by molar-refractivity contribution is 8.00. The van der Waals surface area contributed by atoms with Crippen molar-refractivity contribution in [2.75, 3.05) is 13.2 Å². The molecule has 0 spiro atoms. The maximum Gasteiger partial charge on any atom is 0.125 e. The number of rotatable bonds is 2. The van der Waals surface area contributed by atoms with Crippen molar-refractivity contribution in [2.24, 2.45) is 0 Å². The summed E-state index contributed by atoms with van der Waals surface area (Å²) in [5.41, 5.74) is 0.368. The summed E-state index contributed by atoms with van der Waals surface area (Å²) >= 11 is 1.56. The molecule has 2 nitrogen and oxygen atoms in total. The fourth-order valence-electron chi connectivity index (χ4n) is 1.17. The maximum atomic E-state index is 13.0. The van der Waals surface area contributed by atoms with E-state index in [2.05, 4.69) is 0 Å². The molecule has 0 radical (unpaired) electrons. The highest BCUT2D eigenvalue weighted by Crippen LogP contribution is 2.29. The summed E-state index contributed by atoms with van der Waals surface area (Å²) in [5, 5.41) is 9.05. The van der Waals surface area contributed by atoms with Gasteiger partial charge in [-0.2, -0.15) is 5.26 Å². The first-order chi connectivity index (χ1) is 6.78. The Labute approximate surface area is 85.7 Å². The Bertz CT molecular complexity index is 384. The van der Waals surface area contributed by atoms with Crippen LogP contribution < -0.4 is 0 Å². The van der Waals surface area contributed by atoms with Crippen molar-refractivity contribution in [3.63, 3.8) is 0 Å². The van der Waals surface area contributed by atoms with Crippen molar-refractivity contribution in [3.8, 4) is 6.07 Å². The Hall–Kier alpha value is -1.05. The van der Waals surface area contributed by atoms with Crippen LogP contribution in [0.5, 0.6) is 0 Å². The first-order valence-electron chi connectivity index (χ1n) is 4.23. The monoisotopic (exact) mass is 209 g/mol. The van der Waals surface area contributed by atoms with E-state index in [9.17, 15) is 4.39 Å². The molecule has 0 atom stereocenters.